The molecule has 0 radical (unpaired) electrons. The molecule has 0 spiro atoms. The average Bonchev–Trinajstić information content (AvgIpc) is 2.94. The fourth-order valence-corrected chi connectivity index (χ4v) is 3.68. The van der Waals surface area contributed by atoms with Gasteiger partial charge in [0.15, 0.2) is 15.2 Å². The Labute approximate surface area is 145 Å². The maximum Gasteiger partial charge on any atom is 0.277 e. The van der Waals surface area contributed by atoms with Gasteiger partial charge >= 0.3 is 0 Å². The minimum atomic E-state index is -0.433. The number of aromatic nitrogens is 4. The molecule has 0 saturated carbocycles. The fourth-order valence-electron chi connectivity index (χ4n) is 1.31. The van der Waals surface area contributed by atoms with Crippen molar-refractivity contribution in [3.05, 3.63) is 29.6 Å². The predicted octanol–water partition coefficient (Wildman–Crippen LogP) is 3.62. The standard InChI is InChI=1S/C12H12ClN5OS3/c1-3-5-21-10-14-6-7(13)8(15-10)9(19)16-11-17-18-12(22-11)20-4-2/h3,6H,1,4-5H2,2H3,(H,16,17,19). The smallest absolute Gasteiger partial charge is 0.277 e. The summed E-state index contributed by atoms with van der Waals surface area (Å²) in [4.78, 5) is 20.5. The van der Waals surface area contributed by atoms with Gasteiger partial charge in [-0.15, -0.1) is 16.8 Å². The highest BCUT2D eigenvalue weighted by atomic mass is 35.5. The molecule has 0 atom stereocenters. The van der Waals surface area contributed by atoms with Crippen LogP contribution in [0.2, 0.25) is 5.02 Å². The monoisotopic (exact) mass is 373 g/mol. The van der Waals surface area contributed by atoms with E-state index in [0.717, 1.165) is 10.1 Å². The van der Waals surface area contributed by atoms with Crippen molar-refractivity contribution in [1.82, 2.24) is 20.2 Å². The molecule has 2 aromatic heterocycles. The molecular formula is C12H12ClN5OS3. The van der Waals surface area contributed by atoms with Gasteiger partial charge in [0.1, 0.15) is 0 Å². The predicted molar refractivity (Wildman–Crippen MR) is 92.2 cm³/mol. The van der Waals surface area contributed by atoms with Crippen LogP contribution in [0.15, 0.2) is 28.3 Å². The van der Waals surface area contributed by atoms with Crippen molar-refractivity contribution in [2.75, 3.05) is 16.8 Å². The van der Waals surface area contributed by atoms with Crippen LogP contribution in [0.5, 0.6) is 0 Å². The normalized spacial score (nSPS) is 10.5. The molecule has 0 unspecified atom stereocenters. The van der Waals surface area contributed by atoms with Crippen LogP contribution in [-0.4, -0.2) is 37.6 Å². The summed E-state index contributed by atoms with van der Waals surface area (Å²) in [6.45, 7) is 5.65. The van der Waals surface area contributed by atoms with E-state index in [4.69, 9.17) is 11.6 Å². The highest BCUT2D eigenvalue weighted by Crippen LogP contribution is 2.26. The lowest BCUT2D eigenvalue weighted by molar-refractivity contribution is 0.102. The molecule has 1 amide bonds. The first-order chi connectivity index (χ1) is 10.6. The number of hydrogen-bond acceptors (Lipinski definition) is 8. The molecule has 0 fully saturated rings. The minimum Gasteiger partial charge on any atom is -0.295 e. The van der Waals surface area contributed by atoms with E-state index in [-0.39, 0.29) is 10.7 Å². The van der Waals surface area contributed by atoms with Crippen molar-refractivity contribution < 1.29 is 4.79 Å². The van der Waals surface area contributed by atoms with E-state index in [1.807, 2.05) is 6.92 Å². The van der Waals surface area contributed by atoms with Gasteiger partial charge in [0.05, 0.1) is 11.2 Å². The lowest BCUT2D eigenvalue weighted by Gasteiger charge is -2.04. The molecule has 22 heavy (non-hydrogen) atoms. The van der Waals surface area contributed by atoms with E-state index < -0.39 is 5.91 Å². The molecule has 0 aromatic carbocycles. The summed E-state index contributed by atoms with van der Waals surface area (Å²) in [5, 5.41) is 11.6. The topological polar surface area (TPSA) is 80.7 Å². The Morgan fingerprint density at radius 1 is 1.50 bits per heavy atom. The molecule has 10 heteroatoms. The van der Waals surface area contributed by atoms with Crippen LogP contribution in [0.1, 0.15) is 17.4 Å². The Morgan fingerprint density at radius 2 is 2.32 bits per heavy atom. The van der Waals surface area contributed by atoms with Gasteiger partial charge in [-0.2, -0.15) is 0 Å². The SMILES string of the molecule is C=CCSc1ncc(Cl)c(C(=O)Nc2nnc(SCC)s2)n1. The van der Waals surface area contributed by atoms with Crippen molar-refractivity contribution in [2.24, 2.45) is 0 Å². The van der Waals surface area contributed by atoms with Crippen LogP contribution in [0.25, 0.3) is 0 Å². The molecule has 0 bridgehead atoms. The van der Waals surface area contributed by atoms with Crippen LogP contribution in [0.4, 0.5) is 5.13 Å². The first-order valence-corrected chi connectivity index (χ1v) is 9.34. The zero-order valence-corrected chi connectivity index (χ0v) is 14.8. The summed E-state index contributed by atoms with van der Waals surface area (Å²) in [6, 6.07) is 0. The van der Waals surface area contributed by atoms with Gasteiger partial charge in [-0.1, -0.05) is 59.5 Å². The van der Waals surface area contributed by atoms with Gasteiger partial charge in [0.2, 0.25) is 5.13 Å². The van der Waals surface area contributed by atoms with E-state index in [1.165, 1.54) is 29.3 Å². The molecule has 0 aliphatic heterocycles. The summed E-state index contributed by atoms with van der Waals surface area (Å²) < 4.78 is 0.800. The Bertz CT molecular complexity index is 679. The largest absolute Gasteiger partial charge is 0.295 e. The number of nitrogens with zero attached hydrogens (tertiary/aromatic N) is 4. The van der Waals surface area contributed by atoms with E-state index in [9.17, 15) is 4.79 Å². The maximum absolute atomic E-state index is 12.2. The number of carbonyl (C=O) groups is 1. The molecule has 0 saturated heterocycles. The number of hydrogen-bond donors (Lipinski definition) is 1. The number of halogens is 1. The Balaban J connectivity index is 2.11. The second kappa shape index (κ2) is 8.47. The molecule has 2 heterocycles. The molecule has 116 valence electrons. The number of thioether (sulfide) groups is 2. The quantitative estimate of drug-likeness (QED) is 0.343. The van der Waals surface area contributed by atoms with Gasteiger partial charge in [-0.25, -0.2) is 9.97 Å². The first-order valence-electron chi connectivity index (χ1n) is 6.18. The summed E-state index contributed by atoms with van der Waals surface area (Å²) in [7, 11) is 0. The Hall–Kier alpha value is -1.16. The molecule has 2 rings (SSSR count). The van der Waals surface area contributed by atoms with E-state index >= 15 is 0 Å². The highest BCUT2D eigenvalue weighted by molar-refractivity contribution is 8.01. The third kappa shape index (κ3) is 4.67. The third-order valence-corrected chi connectivity index (χ3v) is 5.15. The van der Waals surface area contributed by atoms with Gasteiger partial charge in [0, 0.05) is 5.75 Å². The number of anilines is 1. The van der Waals surface area contributed by atoms with Gasteiger partial charge in [-0.05, 0) is 5.75 Å². The second-order valence-corrected chi connectivity index (χ2v) is 7.59. The van der Waals surface area contributed by atoms with Gasteiger partial charge < -0.3 is 0 Å². The van der Waals surface area contributed by atoms with E-state index in [2.05, 4.69) is 32.1 Å². The summed E-state index contributed by atoms with van der Waals surface area (Å²) >= 11 is 10.2. The van der Waals surface area contributed by atoms with E-state index in [0.29, 0.717) is 16.0 Å². The van der Waals surface area contributed by atoms with Crippen molar-refractivity contribution in [3.8, 4) is 0 Å². The van der Waals surface area contributed by atoms with Crippen LogP contribution in [-0.2, 0) is 0 Å². The average molecular weight is 374 g/mol. The van der Waals surface area contributed by atoms with Crippen LogP contribution in [0.3, 0.4) is 0 Å². The number of nitrogens with one attached hydrogen (secondary N) is 1. The number of carbonyl (C=O) groups excluding carboxylic acids is 1. The van der Waals surface area contributed by atoms with Crippen molar-refractivity contribution in [2.45, 2.75) is 16.4 Å². The maximum atomic E-state index is 12.2. The fraction of sp³-hybridized carbons (Fsp3) is 0.250. The van der Waals surface area contributed by atoms with Gasteiger partial charge in [-0.3, -0.25) is 10.1 Å². The minimum absolute atomic E-state index is 0.114. The summed E-state index contributed by atoms with van der Waals surface area (Å²) in [5.41, 5.74) is 0.114. The van der Waals surface area contributed by atoms with Crippen molar-refractivity contribution >= 4 is 57.5 Å². The van der Waals surface area contributed by atoms with Crippen molar-refractivity contribution in [1.29, 1.82) is 0 Å². The Morgan fingerprint density at radius 3 is 3.05 bits per heavy atom. The molecular weight excluding hydrogens is 362 g/mol. The molecule has 6 nitrogen and oxygen atoms in total. The van der Waals surface area contributed by atoms with Gasteiger partial charge in [0.25, 0.3) is 5.91 Å². The molecule has 2 aromatic rings. The first kappa shape index (κ1) is 17.2. The van der Waals surface area contributed by atoms with Crippen LogP contribution in [0, 0.1) is 0 Å². The third-order valence-electron chi connectivity index (χ3n) is 2.16. The lowest BCUT2D eigenvalue weighted by Crippen LogP contribution is -2.15. The zero-order valence-electron chi connectivity index (χ0n) is 11.6. The van der Waals surface area contributed by atoms with Crippen LogP contribution >= 0.6 is 46.5 Å². The molecule has 0 aliphatic carbocycles. The van der Waals surface area contributed by atoms with Crippen LogP contribution < -0.4 is 5.32 Å². The van der Waals surface area contributed by atoms with Crippen molar-refractivity contribution in [3.63, 3.8) is 0 Å². The lowest BCUT2D eigenvalue weighted by atomic mass is 10.4. The zero-order chi connectivity index (χ0) is 15.9. The number of amides is 1. The van der Waals surface area contributed by atoms with E-state index in [1.54, 1.807) is 17.8 Å². The Kier molecular flexibility index (Phi) is 6.62. The highest BCUT2D eigenvalue weighted by Gasteiger charge is 2.16. The summed E-state index contributed by atoms with van der Waals surface area (Å²) in [6.07, 6.45) is 3.14. The second-order valence-electron chi connectivity index (χ2n) is 3.71. The molecule has 0 aliphatic rings. The number of rotatable bonds is 7. The molecule has 1 N–H and O–H groups in total. The summed E-state index contributed by atoms with van der Waals surface area (Å²) in [5.74, 6) is 1.11.